The zero-order valence-corrected chi connectivity index (χ0v) is 17.8. The molecule has 0 aliphatic rings. The topological polar surface area (TPSA) is 85.8 Å². The Labute approximate surface area is 167 Å². The van der Waals surface area contributed by atoms with Crippen molar-refractivity contribution < 1.29 is 9.90 Å². The van der Waals surface area contributed by atoms with Crippen molar-refractivity contribution in [3.05, 3.63) is 35.9 Å². The minimum absolute atomic E-state index is 0. The molecule has 0 spiro atoms. The van der Waals surface area contributed by atoms with E-state index in [0.29, 0.717) is 25.5 Å². The highest BCUT2D eigenvalue weighted by atomic mass is 127. The van der Waals surface area contributed by atoms with E-state index in [-0.39, 0.29) is 42.0 Å². The summed E-state index contributed by atoms with van der Waals surface area (Å²) in [5.41, 5.74) is 0.808. The summed E-state index contributed by atoms with van der Waals surface area (Å²) in [6.07, 6.45) is 0.0391. The SMILES string of the molecule is CCNC(=NCC(=O)NC(C)(C)C)NCC(O)Cc1ccccc1.I. The fourth-order valence-electron chi connectivity index (χ4n) is 2.12. The molecule has 6 nitrogen and oxygen atoms in total. The quantitative estimate of drug-likeness (QED) is 0.282. The Bertz CT molecular complexity index is 530. The number of amides is 1. The molecule has 0 heterocycles. The van der Waals surface area contributed by atoms with E-state index >= 15 is 0 Å². The average molecular weight is 462 g/mol. The summed E-state index contributed by atoms with van der Waals surface area (Å²) in [5, 5.41) is 19.1. The number of halogens is 1. The molecule has 0 bridgehead atoms. The number of carbonyl (C=O) groups is 1. The predicted molar refractivity (Wildman–Crippen MR) is 113 cm³/mol. The lowest BCUT2D eigenvalue weighted by molar-refractivity contribution is -0.121. The van der Waals surface area contributed by atoms with E-state index in [2.05, 4.69) is 20.9 Å². The summed E-state index contributed by atoms with van der Waals surface area (Å²) in [4.78, 5) is 16.1. The van der Waals surface area contributed by atoms with Crippen molar-refractivity contribution in [2.24, 2.45) is 4.99 Å². The first kappa shape index (κ1) is 23.6. The standard InChI is InChI=1S/C18H30N4O2.HI/c1-5-19-17(21-13-16(24)22-18(2,3)4)20-12-15(23)11-14-9-7-6-8-10-14;/h6-10,15,23H,5,11-13H2,1-4H3,(H,22,24)(H2,19,20,21);1H. The van der Waals surface area contributed by atoms with Crippen LogP contribution in [0.5, 0.6) is 0 Å². The van der Waals surface area contributed by atoms with Gasteiger partial charge in [0.2, 0.25) is 5.91 Å². The van der Waals surface area contributed by atoms with E-state index in [0.717, 1.165) is 5.56 Å². The fraction of sp³-hybridized carbons (Fsp3) is 0.556. The number of nitrogens with zero attached hydrogens (tertiary/aromatic N) is 1. The van der Waals surface area contributed by atoms with Gasteiger partial charge in [0.25, 0.3) is 0 Å². The van der Waals surface area contributed by atoms with Gasteiger partial charge in [0.05, 0.1) is 6.10 Å². The number of guanidine groups is 1. The molecule has 1 aromatic carbocycles. The third kappa shape index (κ3) is 11.8. The Balaban J connectivity index is 0.00000576. The predicted octanol–water partition coefficient (Wildman–Crippen LogP) is 1.68. The second-order valence-corrected chi connectivity index (χ2v) is 6.72. The maximum Gasteiger partial charge on any atom is 0.242 e. The summed E-state index contributed by atoms with van der Waals surface area (Å²) in [6.45, 7) is 8.82. The van der Waals surface area contributed by atoms with E-state index in [4.69, 9.17) is 0 Å². The van der Waals surface area contributed by atoms with Gasteiger partial charge >= 0.3 is 0 Å². The summed E-state index contributed by atoms with van der Waals surface area (Å²) in [5.74, 6) is 0.387. The Morgan fingerprint density at radius 2 is 1.84 bits per heavy atom. The molecular formula is C18H31IN4O2. The third-order valence-electron chi connectivity index (χ3n) is 3.06. The molecule has 1 rings (SSSR count). The molecule has 0 radical (unpaired) electrons. The van der Waals surface area contributed by atoms with Crippen molar-refractivity contribution in [1.29, 1.82) is 0 Å². The minimum Gasteiger partial charge on any atom is -0.391 e. The number of rotatable bonds is 7. The van der Waals surface area contributed by atoms with Crippen LogP contribution in [0.15, 0.2) is 35.3 Å². The third-order valence-corrected chi connectivity index (χ3v) is 3.06. The number of carbonyl (C=O) groups excluding carboxylic acids is 1. The van der Waals surface area contributed by atoms with E-state index in [9.17, 15) is 9.90 Å². The normalized spacial score (nSPS) is 12.8. The van der Waals surface area contributed by atoms with Gasteiger partial charge in [-0.1, -0.05) is 30.3 Å². The van der Waals surface area contributed by atoms with Gasteiger partial charge in [-0.25, -0.2) is 4.99 Å². The highest BCUT2D eigenvalue weighted by Gasteiger charge is 2.13. The molecule has 4 N–H and O–H groups in total. The Kier molecular flexibility index (Phi) is 11.4. The molecule has 0 aliphatic carbocycles. The average Bonchev–Trinajstić information content (AvgIpc) is 2.49. The maximum absolute atomic E-state index is 11.8. The number of nitrogens with one attached hydrogen (secondary N) is 3. The second kappa shape index (κ2) is 12.1. The monoisotopic (exact) mass is 462 g/mol. The van der Waals surface area contributed by atoms with Crippen LogP contribution < -0.4 is 16.0 Å². The van der Waals surface area contributed by atoms with Gasteiger partial charge in [-0.15, -0.1) is 24.0 Å². The minimum atomic E-state index is -0.528. The molecule has 0 aromatic heterocycles. The molecule has 1 aromatic rings. The molecule has 142 valence electrons. The van der Waals surface area contributed by atoms with Crippen LogP contribution in [0.2, 0.25) is 0 Å². The van der Waals surface area contributed by atoms with Crippen LogP contribution in [-0.4, -0.2) is 48.3 Å². The van der Waals surface area contributed by atoms with Crippen LogP contribution >= 0.6 is 24.0 Å². The summed E-state index contributed by atoms with van der Waals surface area (Å²) < 4.78 is 0. The van der Waals surface area contributed by atoms with Gasteiger partial charge in [0.1, 0.15) is 6.54 Å². The van der Waals surface area contributed by atoms with E-state index < -0.39 is 6.10 Å². The van der Waals surface area contributed by atoms with Gasteiger partial charge in [-0.2, -0.15) is 0 Å². The number of aliphatic hydroxyl groups is 1. The lowest BCUT2D eigenvalue weighted by Gasteiger charge is -2.20. The molecule has 0 fully saturated rings. The van der Waals surface area contributed by atoms with Crippen LogP contribution in [0, 0.1) is 0 Å². The molecule has 0 saturated carbocycles. The van der Waals surface area contributed by atoms with Gasteiger partial charge < -0.3 is 21.1 Å². The molecule has 1 unspecified atom stereocenters. The molecule has 25 heavy (non-hydrogen) atoms. The highest BCUT2D eigenvalue weighted by molar-refractivity contribution is 14.0. The molecular weight excluding hydrogens is 431 g/mol. The summed E-state index contributed by atoms with van der Waals surface area (Å²) in [6, 6.07) is 9.83. The first-order valence-electron chi connectivity index (χ1n) is 8.35. The van der Waals surface area contributed by atoms with E-state index in [1.165, 1.54) is 0 Å². The van der Waals surface area contributed by atoms with E-state index in [1.807, 2.05) is 58.0 Å². The first-order chi connectivity index (χ1) is 11.3. The smallest absolute Gasteiger partial charge is 0.242 e. The van der Waals surface area contributed by atoms with E-state index in [1.54, 1.807) is 0 Å². The second-order valence-electron chi connectivity index (χ2n) is 6.72. The first-order valence-corrected chi connectivity index (χ1v) is 8.35. The summed E-state index contributed by atoms with van der Waals surface area (Å²) >= 11 is 0. The number of aliphatic imine (C=N–C) groups is 1. The van der Waals surface area contributed by atoms with Crippen LogP contribution in [0.4, 0.5) is 0 Å². The lowest BCUT2D eigenvalue weighted by atomic mass is 10.1. The number of hydrogen-bond donors (Lipinski definition) is 4. The molecule has 1 atom stereocenters. The largest absolute Gasteiger partial charge is 0.391 e. The Hall–Kier alpha value is -1.35. The highest BCUT2D eigenvalue weighted by Crippen LogP contribution is 2.02. The maximum atomic E-state index is 11.8. The van der Waals surface area contributed by atoms with Crippen LogP contribution in [0.1, 0.15) is 33.3 Å². The van der Waals surface area contributed by atoms with Gasteiger partial charge in [0, 0.05) is 25.0 Å². The van der Waals surface area contributed by atoms with Crippen molar-refractivity contribution in [3.63, 3.8) is 0 Å². The Morgan fingerprint density at radius 3 is 2.40 bits per heavy atom. The summed E-state index contributed by atoms with van der Waals surface area (Å²) in [7, 11) is 0. The van der Waals surface area contributed by atoms with Crippen molar-refractivity contribution in [1.82, 2.24) is 16.0 Å². The molecule has 7 heteroatoms. The molecule has 1 amide bonds. The van der Waals surface area contributed by atoms with Crippen LogP contribution in [0.3, 0.4) is 0 Å². The van der Waals surface area contributed by atoms with Crippen LogP contribution in [0.25, 0.3) is 0 Å². The lowest BCUT2D eigenvalue weighted by Crippen LogP contribution is -2.44. The fourth-order valence-corrected chi connectivity index (χ4v) is 2.12. The number of aliphatic hydroxyl groups excluding tert-OH is 1. The number of hydrogen-bond acceptors (Lipinski definition) is 3. The van der Waals surface area contributed by atoms with Crippen molar-refractivity contribution in [3.8, 4) is 0 Å². The van der Waals surface area contributed by atoms with Gasteiger partial charge in [0.15, 0.2) is 5.96 Å². The van der Waals surface area contributed by atoms with Crippen LogP contribution in [-0.2, 0) is 11.2 Å². The van der Waals surface area contributed by atoms with Crippen molar-refractivity contribution in [2.45, 2.75) is 45.8 Å². The van der Waals surface area contributed by atoms with Crippen molar-refractivity contribution >= 4 is 35.8 Å². The molecule has 0 aliphatic heterocycles. The van der Waals surface area contributed by atoms with Gasteiger partial charge in [-0.3, -0.25) is 4.79 Å². The van der Waals surface area contributed by atoms with Crippen molar-refractivity contribution in [2.75, 3.05) is 19.6 Å². The zero-order chi connectivity index (χ0) is 18.0. The number of benzene rings is 1. The molecule has 0 saturated heterocycles. The Morgan fingerprint density at radius 1 is 1.20 bits per heavy atom. The zero-order valence-electron chi connectivity index (χ0n) is 15.5. The van der Waals surface area contributed by atoms with Gasteiger partial charge in [-0.05, 0) is 33.3 Å².